The number of rotatable bonds is 0. The lowest BCUT2D eigenvalue weighted by molar-refractivity contribution is -0.163. The maximum atomic E-state index is 13.4. The number of ketones is 1. The van der Waals surface area contributed by atoms with Gasteiger partial charge in [-0.1, -0.05) is 18.7 Å². The first-order valence-corrected chi connectivity index (χ1v) is 9.45. The number of ether oxygens (including phenoxy) is 2. The summed E-state index contributed by atoms with van der Waals surface area (Å²) in [6.07, 6.45) is 2.84. The monoisotopic (exact) mass is 364 g/mol. The summed E-state index contributed by atoms with van der Waals surface area (Å²) in [6, 6.07) is 3.99. The van der Waals surface area contributed by atoms with Crippen molar-refractivity contribution in [1.82, 2.24) is 0 Å². The molecule has 1 aliphatic heterocycles. The molecule has 5 heteroatoms. The minimum atomic E-state index is -0.723. The number of hydrogen-bond acceptors (Lipinski definition) is 5. The highest BCUT2D eigenvalue weighted by atomic mass is 16.7. The van der Waals surface area contributed by atoms with E-state index in [0.717, 1.165) is 33.4 Å². The van der Waals surface area contributed by atoms with Crippen LogP contribution in [-0.2, 0) is 27.1 Å². The number of benzene rings is 1. The zero-order valence-electron chi connectivity index (χ0n) is 15.1. The van der Waals surface area contributed by atoms with Gasteiger partial charge in [-0.25, -0.2) is 0 Å². The van der Waals surface area contributed by atoms with Crippen molar-refractivity contribution in [1.29, 1.82) is 0 Å². The van der Waals surface area contributed by atoms with Gasteiger partial charge in [-0.3, -0.25) is 4.79 Å². The normalized spacial score (nSPS) is 29.8. The zero-order chi connectivity index (χ0) is 18.6. The van der Waals surface area contributed by atoms with Crippen molar-refractivity contribution in [3.63, 3.8) is 0 Å². The van der Waals surface area contributed by atoms with Crippen LogP contribution in [0.4, 0.5) is 0 Å². The van der Waals surface area contributed by atoms with Gasteiger partial charge in [0.25, 0.3) is 0 Å². The number of carbonyl (C=O) groups is 1. The lowest BCUT2D eigenvalue weighted by Gasteiger charge is -2.43. The Morgan fingerprint density at radius 2 is 1.96 bits per heavy atom. The molecule has 6 rings (SSSR count). The van der Waals surface area contributed by atoms with E-state index in [0.29, 0.717) is 43.8 Å². The Labute approximate surface area is 156 Å². The second-order valence-electron chi connectivity index (χ2n) is 8.17. The third-order valence-corrected chi connectivity index (χ3v) is 6.97. The topological polar surface area (TPSA) is 68.9 Å². The molecule has 2 aromatic rings. The van der Waals surface area contributed by atoms with E-state index in [9.17, 15) is 9.90 Å². The van der Waals surface area contributed by atoms with Gasteiger partial charge >= 0.3 is 0 Å². The summed E-state index contributed by atoms with van der Waals surface area (Å²) in [4.78, 5) is 13.4. The Balaban J connectivity index is 1.66. The summed E-state index contributed by atoms with van der Waals surface area (Å²) in [5, 5.41) is 11.0. The number of carbonyl (C=O) groups excluding carboxylic acids is 1. The Morgan fingerprint density at radius 3 is 2.74 bits per heavy atom. The first kappa shape index (κ1) is 15.8. The van der Waals surface area contributed by atoms with Crippen molar-refractivity contribution < 1.29 is 23.8 Å². The van der Waals surface area contributed by atoms with Crippen LogP contribution in [0.5, 0.6) is 0 Å². The van der Waals surface area contributed by atoms with E-state index in [1.54, 1.807) is 6.26 Å². The summed E-state index contributed by atoms with van der Waals surface area (Å²) in [7, 11) is 0. The Bertz CT molecular complexity index is 1040. The molecule has 1 N–H and O–H groups in total. The molecule has 2 atom stereocenters. The van der Waals surface area contributed by atoms with Crippen LogP contribution in [0.25, 0.3) is 5.57 Å². The Hall–Kier alpha value is -2.21. The van der Waals surface area contributed by atoms with Crippen LogP contribution >= 0.6 is 0 Å². The van der Waals surface area contributed by atoms with Crippen molar-refractivity contribution in [3.8, 4) is 0 Å². The summed E-state index contributed by atoms with van der Waals surface area (Å²) in [5.74, 6) is -0.500. The van der Waals surface area contributed by atoms with Crippen LogP contribution in [0.15, 0.2) is 29.4 Å². The fraction of sp³-hybridized carbons (Fsp3) is 0.409. The summed E-state index contributed by atoms with van der Waals surface area (Å²) >= 11 is 0. The maximum absolute atomic E-state index is 13.4. The Kier molecular flexibility index (Phi) is 2.80. The van der Waals surface area contributed by atoms with Crippen LogP contribution < -0.4 is 0 Å². The van der Waals surface area contributed by atoms with E-state index in [2.05, 4.69) is 6.58 Å². The third kappa shape index (κ3) is 1.65. The van der Waals surface area contributed by atoms with Crippen molar-refractivity contribution in [2.75, 3.05) is 13.2 Å². The SMILES string of the molecule is C=C1CC(O)C2(C)c3ccc4c(c3C(=O)c3occ1c32)CCC41OCCO1. The molecule has 0 bridgehead atoms. The van der Waals surface area contributed by atoms with E-state index in [-0.39, 0.29) is 5.78 Å². The Morgan fingerprint density at radius 1 is 1.22 bits per heavy atom. The molecule has 1 spiro atoms. The summed E-state index contributed by atoms with van der Waals surface area (Å²) < 4.78 is 17.6. The van der Waals surface area contributed by atoms with E-state index < -0.39 is 17.3 Å². The number of aliphatic hydroxyl groups is 1. The van der Waals surface area contributed by atoms with Gasteiger partial charge in [-0.15, -0.1) is 0 Å². The van der Waals surface area contributed by atoms with Gasteiger partial charge in [0, 0.05) is 34.1 Å². The average molecular weight is 364 g/mol. The standard InChI is InChI=1S/C22H20O5/c1-11-9-16(23)21(2)15-4-3-14-12(5-6-22(14)26-7-8-27-22)17(15)19(24)20-18(21)13(11)10-25-20/h3-4,10,16,23H,1,5-9H2,2H3. The van der Waals surface area contributed by atoms with E-state index in [1.165, 1.54) is 0 Å². The van der Waals surface area contributed by atoms with E-state index in [4.69, 9.17) is 13.9 Å². The molecule has 0 amide bonds. The fourth-order valence-electron chi connectivity index (χ4n) is 5.58. The minimum Gasteiger partial charge on any atom is -0.460 e. The quantitative estimate of drug-likeness (QED) is 0.778. The molecular weight excluding hydrogens is 344 g/mol. The summed E-state index contributed by atoms with van der Waals surface area (Å²) in [6.45, 7) is 7.20. The lowest BCUT2D eigenvalue weighted by atomic mass is 9.60. The highest BCUT2D eigenvalue weighted by Crippen LogP contribution is 2.55. The molecule has 5 nitrogen and oxygen atoms in total. The van der Waals surface area contributed by atoms with Crippen molar-refractivity contribution in [2.45, 2.75) is 43.5 Å². The number of aliphatic hydroxyl groups excluding tert-OH is 1. The highest BCUT2D eigenvalue weighted by Gasteiger charge is 2.54. The van der Waals surface area contributed by atoms with Crippen LogP contribution in [-0.4, -0.2) is 30.2 Å². The number of hydrogen-bond donors (Lipinski definition) is 1. The van der Waals surface area contributed by atoms with Crippen molar-refractivity contribution in [2.24, 2.45) is 0 Å². The number of furan rings is 1. The van der Waals surface area contributed by atoms with Gasteiger partial charge in [0.2, 0.25) is 5.78 Å². The molecule has 2 unspecified atom stereocenters. The lowest BCUT2D eigenvalue weighted by Crippen LogP contribution is -2.45. The molecule has 27 heavy (non-hydrogen) atoms. The first-order chi connectivity index (χ1) is 13.0. The third-order valence-electron chi connectivity index (χ3n) is 6.97. The maximum Gasteiger partial charge on any atom is 0.229 e. The van der Waals surface area contributed by atoms with Crippen molar-refractivity contribution in [3.05, 3.63) is 64.1 Å². The molecule has 0 radical (unpaired) electrons. The van der Waals surface area contributed by atoms with Gasteiger partial charge in [0.1, 0.15) is 0 Å². The molecule has 1 aromatic carbocycles. The van der Waals surface area contributed by atoms with Crippen LogP contribution in [0, 0.1) is 0 Å². The first-order valence-electron chi connectivity index (χ1n) is 9.45. The van der Waals surface area contributed by atoms with Gasteiger partial charge in [-0.2, -0.15) is 0 Å². The second kappa shape index (κ2) is 4.79. The van der Waals surface area contributed by atoms with Gasteiger partial charge < -0.3 is 19.0 Å². The predicted octanol–water partition coefficient (Wildman–Crippen LogP) is 3.05. The van der Waals surface area contributed by atoms with Crippen LogP contribution in [0.1, 0.15) is 63.7 Å². The molecule has 138 valence electrons. The molecule has 4 aliphatic rings. The predicted molar refractivity (Wildman–Crippen MR) is 96.6 cm³/mol. The molecular formula is C22H20O5. The van der Waals surface area contributed by atoms with Gasteiger partial charge in [0.15, 0.2) is 11.5 Å². The minimum absolute atomic E-state index is 0.113. The smallest absolute Gasteiger partial charge is 0.229 e. The number of fused-ring (bicyclic) bond motifs is 5. The van der Waals surface area contributed by atoms with Gasteiger partial charge in [0.05, 0.1) is 25.6 Å². The van der Waals surface area contributed by atoms with Gasteiger partial charge in [-0.05, 0) is 36.5 Å². The van der Waals surface area contributed by atoms with Crippen molar-refractivity contribution >= 4 is 11.4 Å². The summed E-state index contributed by atoms with van der Waals surface area (Å²) in [5.41, 5.74) is 5.21. The second-order valence-corrected chi connectivity index (χ2v) is 8.17. The average Bonchev–Trinajstić information content (AvgIpc) is 3.38. The van der Waals surface area contributed by atoms with Crippen LogP contribution in [0.2, 0.25) is 0 Å². The van der Waals surface area contributed by atoms with E-state index in [1.807, 2.05) is 19.1 Å². The van der Waals surface area contributed by atoms with Crippen LogP contribution in [0.3, 0.4) is 0 Å². The molecule has 1 saturated heterocycles. The molecule has 2 heterocycles. The molecule has 0 saturated carbocycles. The molecule has 1 fully saturated rings. The molecule has 1 aromatic heterocycles. The largest absolute Gasteiger partial charge is 0.460 e. The fourth-order valence-corrected chi connectivity index (χ4v) is 5.58. The zero-order valence-corrected chi connectivity index (χ0v) is 15.1. The highest BCUT2D eigenvalue weighted by molar-refractivity contribution is 6.13. The van der Waals surface area contributed by atoms with E-state index >= 15 is 0 Å². The molecule has 3 aliphatic carbocycles.